The Balaban J connectivity index is 0. The van der Waals surface area contributed by atoms with Crippen molar-refractivity contribution in [3.8, 4) is 0 Å². The zero-order valence-electron chi connectivity index (χ0n) is 13.5. The molecule has 140 valence electrons. The van der Waals surface area contributed by atoms with Gasteiger partial charge in [-0.05, 0) is 43.5 Å². The van der Waals surface area contributed by atoms with E-state index in [-0.39, 0.29) is 30.9 Å². The molecule has 8 heteroatoms. The van der Waals surface area contributed by atoms with Crippen LogP contribution in [0.25, 0.3) is 0 Å². The molecular weight excluding hydrogens is 362 g/mol. The molecule has 0 aliphatic heterocycles. The van der Waals surface area contributed by atoms with Gasteiger partial charge in [-0.2, -0.15) is 13.2 Å². The fraction of sp³-hybridized carbons (Fsp3) is 0.562. The summed E-state index contributed by atoms with van der Waals surface area (Å²) in [5, 5.41) is 0. The molecule has 0 heterocycles. The third-order valence-electron chi connectivity index (χ3n) is 3.29. The van der Waals surface area contributed by atoms with Crippen molar-refractivity contribution in [2.45, 2.75) is 44.3 Å². The largest absolute Gasteiger partial charge is 0.416 e. The van der Waals surface area contributed by atoms with Gasteiger partial charge in [-0.15, -0.1) is 24.8 Å². The fourth-order valence-corrected chi connectivity index (χ4v) is 2.07. The Kier molecular flexibility index (Phi) is 14.3. The van der Waals surface area contributed by atoms with E-state index in [2.05, 4.69) is 4.99 Å². The van der Waals surface area contributed by atoms with Crippen LogP contribution in [0.1, 0.15) is 36.8 Å². The maximum absolute atomic E-state index is 12.4. The first-order valence-corrected chi connectivity index (χ1v) is 7.55. The van der Waals surface area contributed by atoms with Crippen molar-refractivity contribution in [3.05, 3.63) is 35.4 Å². The van der Waals surface area contributed by atoms with Crippen molar-refractivity contribution >= 4 is 31.0 Å². The van der Waals surface area contributed by atoms with Gasteiger partial charge in [0.1, 0.15) is 0 Å². The number of rotatable bonds is 9. The standard InChI is InChI=1S/C16H24F3N3.2ClH/c17-16(18,19)14-7-5-13(6-8-14)11-15(21)12-22-10-4-2-1-3-9-20;;/h5-8,12,15H,1-4,9-11,20-21H2;2*1H. The summed E-state index contributed by atoms with van der Waals surface area (Å²) < 4.78 is 37.3. The van der Waals surface area contributed by atoms with E-state index in [1.807, 2.05) is 0 Å². The Morgan fingerprint density at radius 2 is 1.58 bits per heavy atom. The molecule has 4 N–H and O–H groups in total. The highest BCUT2D eigenvalue weighted by Gasteiger charge is 2.29. The second-order valence-corrected chi connectivity index (χ2v) is 5.32. The number of nitrogens with two attached hydrogens (primary N) is 2. The second kappa shape index (κ2) is 13.5. The van der Waals surface area contributed by atoms with E-state index in [4.69, 9.17) is 11.5 Å². The van der Waals surface area contributed by atoms with E-state index in [9.17, 15) is 13.2 Å². The molecular formula is C16H26Cl2F3N3. The van der Waals surface area contributed by atoms with E-state index >= 15 is 0 Å². The summed E-state index contributed by atoms with van der Waals surface area (Å²) in [7, 11) is 0. The molecule has 1 unspecified atom stereocenters. The number of alkyl halides is 3. The number of halogens is 5. The van der Waals surface area contributed by atoms with Gasteiger partial charge in [-0.25, -0.2) is 0 Å². The highest BCUT2D eigenvalue weighted by molar-refractivity contribution is 5.85. The molecule has 0 spiro atoms. The van der Waals surface area contributed by atoms with Crippen LogP contribution < -0.4 is 11.5 Å². The quantitative estimate of drug-likeness (QED) is 0.496. The van der Waals surface area contributed by atoms with Crippen LogP contribution in [0.5, 0.6) is 0 Å². The minimum atomic E-state index is -4.30. The monoisotopic (exact) mass is 387 g/mol. The number of benzene rings is 1. The second-order valence-electron chi connectivity index (χ2n) is 5.32. The van der Waals surface area contributed by atoms with Crippen LogP contribution in [0.2, 0.25) is 0 Å². The summed E-state index contributed by atoms with van der Waals surface area (Å²) >= 11 is 0. The Labute approximate surface area is 153 Å². The van der Waals surface area contributed by atoms with Gasteiger partial charge in [0.05, 0.1) is 5.56 Å². The summed E-state index contributed by atoms with van der Waals surface area (Å²) in [5.41, 5.74) is 11.4. The van der Waals surface area contributed by atoms with Crippen LogP contribution in [0.3, 0.4) is 0 Å². The lowest BCUT2D eigenvalue weighted by Gasteiger charge is -2.09. The Morgan fingerprint density at radius 3 is 2.12 bits per heavy atom. The highest BCUT2D eigenvalue weighted by atomic mass is 35.5. The van der Waals surface area contributed by atoms with Gasteiger partial charge in [0.15, 0.2) is 0 Å². The Morgan fingerprint density at radius 1 is 1.00 bits per heavy atom. The van der Waals surface area contributed by atoms with E-state index in [1.165, 1.54) is 12.1 Å². The minimum Gasteiger partial charge on any atom is -0.330 e. The molecule has 0 saturated heterocycles. The van der Waals surface area contributed by atoms with Gasteiger partial charge in [-0.3, -0.25) is 4.99 Å². The number of hydrogen-bond acceptors (Lipinski definition) is 3. The van der Waals surface area contributed by atoms with E-state index < -0.39 is 11.7 Å². The lowest BCUT2D eigenvalue weighted by molar-refractivity contribution is -0.137. The van der Waals surface area contributed by atoms with Gasteiger partial charge in [0, 0.05) is 18.8 Å². The molecule has 24 heavy (non-hydrogen) atoms. The van der Waals surface area contributed by atoms with Crippen molar-refractivity contribution in [2.75, 3.05) is 13.1 Å². The van der Waals surface area contributed by atoms with E-state index in [0.717, 1.165) is 56.5 Å². The number of unbranched alkanes of at least 4 members (excludes halogenated alkanes) is 3. The molecule has 0 saturated carbocycles. The van der Waals surface area contributed by atoms with Gasteiger partial charge < -0.3 is 11.5 Å². The van der Waals surface area contributed by atoms with Crippen LogP contribution in [-0.4, -0.2) is 25.3 Å². The predicted molar refractivity (Wildman–Crippen MR) is 98.5 cm³/mol. The summed E-state index contributed by atoms with van der Waals surface area (Å²) in [6, 6.07) is 4.81. The van der Waals surface area contributed by atoms with E-state index in [1.54, 1.807) is 6.21 Å². The molecule has 0 fully saturated rings. The first kappa shape index (κ1) is 25.4. The number of aliphatic imine (C=N–C) groups is 1. The third-order valence-corrected chi connectivity index (χ3v) is 3.29. The number of hydrogen-bond donors (Lipinski definition) is 2. The van der Waals surface area contributed by atoms with Gasteiger partial charge in [0.2, 0.25) is 0 Å². The van der Waals surface area contributed by atoms with Gasteiger partial charge in [-0.1, -0.05) is 25.0 Å². The molecule has 1 rings (SSSR count). The Bertz CT molecular complexity index is 451. The van der Waals surface area contributed by atoms with Gasteiger partial charge in [0.25, 0.3) is 0 Å². The SMILES string of the molecule is Cl.Cl.NCCCCCCN=CC(N)Cc1ccc(C(F)(F)F)cc1. The van der Waals surface area contributed by atoms with Crippen molar-refractivity contribution in [2.24, 2.45) is 16.5 Å². The highest BCUT2D eigenvalue weighted by Crippen LogP contribution is 2.29. The van der Waals surface area contributed by atoms with Crippen molar-refractivity contribution in [3.63, 3.8) is 0 Å². The smallest absolute Gasteiger partial charge is 0.330 e. The molecule has 1 atom stereocenters. The van der Waals surface area contributed by atoms with Crippen LogP contribution in [0.4, 0.5) is 13.2 Å². The summed E-state index contributed by atoms with van der Waals surface area (Å²) in [6.07, 6.45) is 2.12. The van der Waals surface area contributed by atoms with Crippen LogP contribution in [0, 0.1) is 0 Å². The Hall–Kier alpha value is -0.820. The predicted octanol–water partition coefficient (Wildman–Crippen LogP) is 4.01. The van der Waals surface area contributed by atoms with Gasteiger partial charge >= 0.3 is 6.18 Å². The van der Waals surface area contributed by atoms with Crippen LogP contribution in [-0.2, 0) is 12.6 Å². The van der Waals surface area contributed by atoms with Crippen LogP contribution >= 0.6 is 24.8 Å². The molecule has 0 bridgehead atoms. The maximum atomic E-state index is 12.4. The summed E-state index contributed by atoms with van der Waals surface area (Å²) in [5.74, 6) is 0. The average Bonchev–Trinajstić information content (AvgIpc) is 2.46. The zero-order chi connectivity index (χ0) is 16.4. The topological polar surface area (TPSA) is 64.4 Å². The normalized spacial score (nSPS) is 12.5. The third kappa shape index (κ3) is 10.9. The van der Waals surface area contributed by atoms with E-state index in [0.29, 0.717) is 6.42 Å². The first-order valence-electron chi connectivity index (χ1n) is 7.55. The van der Waals surface area contributed by atoms with Crippen molar-refractivity contribution < 1.29 is 13.2 Å². The molecule has 0 aliphatic rings. The van der Waals surface area contributed by atoms with Crippen molar-refractivity contribution in [1.82, 2.24) is 0 Å². The van der Waals surface area contributed by atoms with Crippen molar-refractivity contribution in [1.29, 1.82) is 0 Å². The first-order chi connectivity index (χ1) is 10.4. The number of nitrogens with zero attached hydrogens (tertiary/aromatic N) is 1. The fourth-order valence-electron chi connectivity index (χ4n) is 2.07. The summed E-state index contributed by atoms with van der Waals surface area (Å²) in [6.45, 7) is 1.45. The molecule has 0 amide bonds. The average molecular weight is 388 g/mol. The molecule has 3 nitrogen and oxygen atoms in total. The zero-order valence-corrected chi connectivity index (χ0v) is 15.1. The minimum absolute atomic E-state index is 0. The molecule has 0 aliphatic carbocycles. The lowest BCUT2D eigenvalue weighted by Crippen LogP contribution is -2.24. The summed E-state index contributed by atoms with van der Waals surface area (Å²) in [4.78, 5) is 4.26. The molecule has 0 radical (unpaired) electrons. The molecule has 1 aromatic carbocycles. The van der Waals surface area contributed by atoms with Crippen LogP contribution in [0.15, 0.2) is 29.3 Å². The molecule has 0 aromatic heterocycles. The maximum Gasteiger partial charge on any atom is 0.416 e. The lowest BCUT2D eigenvalue weighted by atomic mass is 10.1. The molecule has 1 aromatic rings.